The van der Waals surface area contributed by atoms with Gasteiger partial charge >= 0.3 is 0 Å². The van der Waals surface area contributed by atoms with Gasteiger partial charge in [0.15, 0.2) is 0 Å². The summed E-state index contributed by atoms with van der Waals surface area (Å²) in [5.41, 5.74) is 1.09. The van der Waals surface area contributed by atoms with Gasteiger partial charge in [-0.2, -0.15) is 0 Å². The number of ether oxygens (including phenoxy) is 1. The first kappa shape index (κ1) is 18.2. The van der Waals surface area contributed by atoms with E-state index in [4.69, 9.17) is 4.74 Å². The van der Waals surface area contributed by atoms with Crippen molar-refractivity contribution in [3.8, 4) is 5.75 Å². The number of aromatic nitrogens is 1. The first-order chi connectivity index (χ1) is 11.3. The van der Waals surface area contributed by atoms with Crippen molar-refractivity contribution in [2.45, 2.75) is 12.6 Å². The molecule has 126 valence electrons. The van der Waals surface area contributed by atoms with Gasteiger partial charge < -0.3 is 15.2 Å². The highest BCUT2D eigenvalue weighted by molar-refractivity contribution is 5.85. The summed E-state index contributed by atoms with van der Waals surface area (Å²) in [6.07, 6.45) is 3.00. The van der Waals surface area contributed by atoms with Gasteiger partial charge in [-0.25, -0.2) is 0 Å². The molecule has 5 heteroatoms. The second-order valence-corrected chi connectivity index (χ2v) is 5.47. The van der Waals surface area contributed by atoms with E-state index in [0.29, 0.717) is 13.1 Å². The molecule has 24 heavy (non-hydrogen) atoms. The van der Waals surface area contributed by atoms with Crippen LogP contribution in [0.15, 0.2) is 67.0 Å². The Morgan fingerprint density at radius 1 is 1.04 bits per heavy atom. The SMILES string of the molecule is Cl.OC(CNCc1cccnc1)COc1ccc2ccccc2c1. The number of fused-ring (bicyclic) bond motifs is 1. The molecule has 3 aromatic rings. The van der Waals surface area contributed by atoms with Crippen LogP contribution in [0.5, 0.6) is 5.75 Å². The molecule has 1 atom stereocenters. The van der Waals surface area contributed by atoms with Crippen LogP contribution in [0.3, 0.4) is 0 Å². The highest BCUT2D eigenvalue weighted by Crippen LogP contribution is 2.20. The monoisotopic (exact) mass is 344 g/mol. The van der Waals surface area contributed by atoms with E-state index in [9.17, 15) is 5.11 Å². The van der Waals surface area contributed by atoms with Gasteiger partial charge in [0, 0.05) is 25.5 Å². The number of nitrogens with one attached hydrogen (secondary N) is 1. The molecule has 0 aliphatic carbocycles. The summed E-state index contributed by atoms with van der Waals surface area (Å²) in [6.45, 7) is 1.42. The summed E-state index contributed by atoms with van der Waals surface area (Å²) in [5.74, 6) is 0.773. The second-order valence-electron chi connectivity index (χ2n) is 5.47. The topological polar surface area (TPSA) is 54.4 Å². The quantitative estimate of drug-likeness (QED) is 0.691. The molecule has 0 fully saturated rings. The van der Waals surface area contributed by atoms with Crippen LogP contribution >= 0.6 is 12.4 Å². The minimum Gasteiger partial charge on any atom is -0.491 e. The molecule has 0 aliphatic heterocycles. The van der Waals surface area contributed by atoms with Crippen molar-refractivity contribution >= 4 is 23.2 Å². The van der Waals surface area contributed by atoms with Crippen LogP contribution in [0, 0.1) is 0 Å². The lowest BCUT2D eigenvalue weighted by Crippen LogP contribution is -2.31. The van der Waals surface area contributed by atoms with E-state index in [2.05, 4.69) is 16.4 Å². The number of halogens is 1. The van der Waals surface area contributed by atoms with Gasteiger partial charge in [0.1, 0.15) is 18.5 Å². The van der Waals surface area contributed by atoms with Crippen molar-refractivity contribution in [2.75, 3.05) is 13.2 Å². The molecular weight excluding hydrogens is 324 g/mol. The number of hydrogen-bond acceptors (Lipinski definition) is 4. The molecule has 1 heterocycles. The molecule has 0 bridgehead atoms. The molecule has 0 saturated heterocycles. The van der Waals surface area contributed by atoms with Crippen LogP contribution in [0.25, 0.3) is 10.8 Å². The summed E-state index contributed by atoms with van der Waals surface area (Å²) in [6, 6.07) is 18.0. The normalized spacial score (nSPS) is 11.7. The average molecular weight is 345 g/mol. The number of benzene rings is 2. The molecule has 3 rings (SSSR count). The zero-order valence-electron chi connectivity index (χ0n) is 13.3. The lowest BCUT2D eigenvalue weighted by Gasteiger charge is -2.13. The molecule has 0 aliphatic rings. The van der Waals surface area contributed by atoms with Crippen LogP contribution < -0.4 is 10.1 Å². The van der Waals surface area contributed by atoms with Crippen molar-refractivity contribution in [2.24, 2.45) is 0 Å². The Bertz CT molecular complexity index is 752. The molecular formula is C19H21ClN2O2. The molecule has 0 spiro atoms. The lowest BCUT2D eigenvalue weighted by atomic mass is 10.1. The fraction of sp³-hybridized carbons (Fsp3) is 0.211. The fourth-order valence-corrected chi connectivity index (χ4v) is 2.39. The number of hydrogen-bond donors (Lipinski definition) is 2. The summed E-state index contributed by atoms with van der Waals surface area (Å²) in [7, 11) is 0. The summed E-state index contributed by atoms with van der Waals surface area (Å²) >= 11 is 0. The maximum atomic E-state index is 10.00. The molecule has 2 N–H and O–H groups in total. The smallest absolute Gasteiger partial charge is 0.120 e. The van der Waals surface area contributed by atoms with E-state index in [0.717, 1.165) is 16.7 Å². The molecule has 0 saturated carbocycles. The minimum atomic E-state index is -0.557. The Balaban J connectivity index is 0.00000208. The zero-order chi connectivity index (χ0) is 15.9. The molecule has 1 unspecified atom stereocenters. The highest BCUT2D eigenvalue weighted by atomic mass is 35.5. The Kier molecular flexibility index (Phi) is 7.00. The average Bonchev–Trinajstić information content (AvgIpc) is 2.61. The van der Waals surface area contributed by atoms with Crippen LogP contribution in [0.2, 0.25) is 0 Å². The largest absolute Gasteiger partial charge is 0.491 e. The summed E-state index contributed by atoms with van der Waals surface area (Å²) in [4.78, 5) is 4.06. The first-order valence-corrected chi connectivity index (χ1v) is 7.70. The Hall–Kier alpha value is -2.14. The van der Waals surface area contributed by atoms with E-state index in [1.54, 1.807) is 6.20 Å². The van der Waals surface area contributed by atoms with E-state index in [1.165, 1.54) is 5.39 Å². The van der Waals surface area contributed by atoms with Crippen molar-refractivity contribution in [1.29, 1.82) is 0 Å². The van der Waals surface area contributed by atoms with E-state index in [1.807, 2.05) is 54.7 Å². The Morgan fingerprint density at radius 2 is 1.88 bits per heavy atom. The van der Waals surface area contributed by atoms with Crippen LogP contribution in [-0.2, 0) is 6.54 Å². The van der Waals surface area contributed by atoms with Crippen LogP contribution in [0.1, 0.15) is 5.56 Å². The third-order valence-electron chi connectivity index (χ3n) is 3.60. The number of rotatable bonds is 7. The fourth-order valence-electron chi connectivity index (χ4n) is 2.39. The lowest BCUT2D eigenvalue weighted by molar-refractivity contribution is 0.106. The zero-order valence-corrected chi connectivity index (χ0v) is 14.1. The van der Waals surface area contributed by atoms with E-state index in [-0.39, 0.29) is 19.0 Å². The van der Waals surface area contributed by atoms with Gasteiger partial charge in [-0.05, 0) is 34.5 Å². The maximum Gasteiger partial charge on any atom is 0.120 e. The van der Waals surface area contributed by atoms with Gasteiger partial charge in [-0.1, -0.05) is 36.4 Å². The molecule has 4 nitrogen and oxygen atoms in total. The second kappa shape index (κ2) is 9.23. The van der Waals surface area contributed by atoms with Crippen LogP contribution in [-0.4, -0.2) is 29.3 Å². The predicted molar refractivity (Wildman–Crippen MR) is 98.6 cm³/mol. The van der Waals surface area contributed by atoms with Crippen molar-refractivity contribution in [3.05, 3.63) is 72.6 Å². The highest BCUT2D eigenvalue weighted by Gasteiger charge is 2.05. The molecule has 0 amide bonds. The predicted octanol–water partition coefficient (Wildman–Crippen LogP) is 3.19. The molecule has 2 aromatic carbocycles. The summed E-state index contributed by atoms with van der Waals surface area (Å²) < 4.78 is 5.68. The Morgan fingerprint density at radius 3 is 2.67 bits per heavy atom. The first-order valence-electron chi connectivity index (χ1n) is 7.70. The summed E-state index contributed by atoms with van der Waals surface area (Å²) in [5, 5.41) is 15.5. The Labute approximate surface area is 147 Å². The van der Waals surface area contributed by atoms with Gasteiger partial charge in [0.05, 0.1) is 0 Å². The number of aliphatic hydroxyl groups is 1. The van der Waals surface area contributed by atoms with Gasteiger partial charge in [-0.15, -0.1) is 12.4 Å². The van der Waals surface area contributed by atoms with Crippen molar-refractivity contribution < 1.29 is 9.84 Å². The minimum absolute atomic E-state index is 0. The molecule has 1 aromatic heterocycles. The van der Waals surface area contributed by atoms with Crippen molar-refractivity contribution in [3.63, 3.8) is 0 Å². The maximum absolute atomic E-state index is 10.00. The molecule has 0 radical (unpaired) electrons. The van der Waals surface area contributed by atoms with Crippen LogP contribution in [0.4, 0.5) is 0 Å². The number of pyridine rings is 1. The third-order valence-corrected chi connectivity index (χ3v) is 3.60. The van der Waals surface area contributed by atoms with Crippen molar-refractivity contribution in [1.82, 2.24) is 10.3 Å². The number of aliphatic hydroxyl groups excluding tert-OH is 1. The van der Waals surface area contributed by atoms with E-state index < -0.39 is 6.10 Å². The van der Waals surface area contributed by atoms with E-state index >= 15 is 0 Å². The van der Waals surface area contributed by atoms with Gasteiger partial charge in [0.2, 0.25) is 0 Å². The standard InChI is InChI=1S/C19H20N2O2.ClH/c22-18(13-21-12-15-4-3-9-20-11-15)14-23-19-8-7-16-5-1-2-6-17(16)10-19;/h1-11,18,21-22H,12-14H2;1H. The van der Waals surface area contributed by atoms with Gasteiger partial charge in [0.25, 0.3) is 0 Å². The number of nitrogens with zero attached hydrogens (tertiary/aromatic N) is 1. The third kappa shape index (κ3) is 5.20. The van der Waals surface area contributed by atoms with Gasteiger partial charge in [-0.3, -0.25) is 4.98 Å².